The number of hydrogen-bond donors (Lipinski definition) is 0. The second-order valence-corrected chi connectivity index (χ2v) is 10.7. The Morgan fingerprint density at radius 2 is 1.66 bits per heavy atom. The number of nitrogens with zero attached hydrogens (tertiary/aromatic N) is 5. The third-order valence-electron chi connectivity index (χ3n) is 6.02. The zero-order chi connectivity index (χ0) is 25.2. The minimum Gasteiger partial charge on any atom is -0.494 e. The molecular weight excluding hydrogens is 474 g/mol. The van der Waals surface area contributed by atoms with Crippen LogP contribution in [-0.2, 0) is 25.1 Å². The predicted molar refractivity (Wildman–Crippen MR) is 126 cm³/mol. The Bertz CT molecular complexity index is 1250. The summed E-state index contributed by atoms with van der Waals surface area (Å²) >= 11 is 0. The fourth-order valence-corrected chi connectivity index (χ4v) is 5.40. The monoisotopic (exact) mass is 503 g/mol. The Hall–Kier alpha value is -3.09. The smallest absolute Gasteiger partial charge is 0.219 e. The van der Waals surface area contributed by atoms with Gasteiger partial charge in [-0.25, -0.2) is 18.4 Å². The molecule has 3 aromatic rings. The number of rotatable bonds is 9. The summed E-state index contributed by atoms with van der Waals surface area (Å²) in [5, 5.41) is 7.69. The normalized spacial score (nSPS) is 16.3. The molecule has 0 bridgehead atoms. The van der Waals surface area contributed by atoms with E-state index in [0.717, 1.165) is 5.56 Å². The van der Waals surface area contributed by atoms with E-state index in [-0.39, 0.29) is 11.6 Å². The molecule has 0 aliphatic carbocycles. The van der Waals surface area contributed by atoms with Crippen molar-refractivity contribution < 1.29 is 27.4 Å². The van der Waals surface area contributed by atoms with Crippen LogP contribution >= 0.6 is 0 Å². The van der Waals surface area contributed by atoms with Gasteiger partial charge in [0.2, 0.25) is 6.29 Å². The summed E-state index contributed by atoms with van der Waals surface area (Å²) in [5.74, 6) is 1.05. The first-order valence-corrected chi connectivity index (χ1v) is 12.9. The number of aryl methyl sites for hydroxylation is 1. The Balaban J connectivity index is 1.76. The molecule has 1 aliphatic rings. The van der Waals surface area contributed by atoms with Crippen LogP contribution in [0.15, 0.2) is 30.6 Å². The standard InChI is InChI=1S/C23H29N5O6S/c1-14-11-24-21(25-12-14)15(2)16(3)35(29,30)13-19-26-27-22(23-33-9-10-34-23)28(19)20-17(31-4)7-6-8-18(20)32-5/h6-8,11-12,15-16,23H,9-10,13H2,1-5H3/t15-,16-/m0/s1. The molecule has 0 N–H and O–H groups in total. The molecule has 0 unspecified atom stereocenters. The summed E-state index contributed by atoms with van der Waals surface area (Å²) in [6, 6.07) is 5.26. The van der Waals surface area contributed by atoms with E-state index in [1.165, 1.54) is 14.2 Å². The molecule has 11 nitrogen and oxygen atoms in total. The maximum atomic E-state index is 13.5. The summed E-state index contributed by atoms with van der Waals surface area (Å²) in [5.41, 5.74) is 1.36. The van der Waals surface area contributed by atoms with E-state index >= 15 is 0 Å². The fraction of sp³-hybridized carbons (Fsp3) is 0.478. The van der Waals surface area contributed by atoms with Crippen LogP contribution in [0.4, 0.5) is 0 Å². The molecule has 188 valence electrons. The van der Waals surface area contributed by atoms with Gasteiger partial charge in [0.1, 0.15) is 28.8 Å². The number of sulfone groups is 1. The first-order valence-electron chi connectivity index (χ1n) is 11.2. The van der Waals surface area contributed by atoms with Crippen LogP contribution < -0.4 is 9.47 Å². The lowest BCUT2D eigenvalue weighted by atomic mass is 10.1. The molecule has 1 saturated heterocycles. The first kappa shape index (κ1) is 25.0. The average molecular weight is 504 g/mol. The number of para-hydroxylation sites is 1. The molecule has 3 heterocycles. The molecule has 0 saturated carbocycles. The van der Waals surface area contributed by atoms with Gasteiger partial charge in [-0.05, 0) is 31.5 Å². The summed E-state index contributed by atoms with van der Waals surface area (Å²) in [6.07, 6.45) is 2.55. The van der Waals surface area contributed by atoms with E-state index in [1.807, 2.05) is 6.92 Å². The molecule has 4 rings (SSSR count). The molecule has 1 aromatic carbocycles. The van der Waals surface area contributed by atoms with Crippen molar-refractivity contribution in [3.8, 4) is 17.2 Å². The van der Waals surface area contributed by atoms with Gasteiger partial charge in [0.25, 0.3) is 0 Å². The summed E-state index contributed by atoms with van der Waals surface area (Å²) in [4.78, 5) is 8.62. The van der Waals surface area contributed by atoms with Gasteiger partial charge in [0.05, 0.1) is 32.7 Å². The maximum absolute atomic E-state index is 13.5. The average Bonchev–Trinajstić information content (AvgIpc) is 3.52. The van der Waals surface area contributed by atoms with Crippen molar-refractivity contribution in [3.63, 3.8) is 0 Å². The highest BCUT2D eigenvalue weighted by molar-refractivity contribution is 7.91. The van der Waals surface area contributed by atoms with Crippen molar-refractivity contribution in [1.29, 1.82) is 0 Å². The zero-order valence-electron chi connectivity index (χ0n) is 20.3. The molecule has 1 aliphatic heterocycles. The van der Waals surface area contributed by atoms with Crippen molar-refractivity contribution in [2.24, 2.45) is 0 Å². The molecule has 0 amide bonds. The van der Waals surface area contributed by atoms with Gasteiger partial charge < -0.3 is 18.9 Å². The number of ether oxygens (including phenoxy) is 4. The minimum atomic E-state index is -3.72. The van der Waals surface area contributed by atoms with E-state index in [4.69, 9.17) is 18.9 Å². The van der Waals surface area contributed by atoms with Crippen LogP contribution in [0, 0.1) is 6.92 Å². The maximum Gasteiger partial charge on any atom is 0.219 e. The lowest BCUT2D eigenvalue weighted by Crippen LogP contribution is -2.27. The van der Waals surface area contributed by atoms with Gasteiger partial charge in [-0.15, -0.1) is 10.2 Å². The Morgan fingerprint density at radius 3 is 2.23 bits per heavy atom. The highest BCUT2D eigenvalue weighted by atomic mass is 32.2. The lowest BCUT2D eigenvalue weighted by molar-refractivity contribution is -0.0520. The van der Waals surface area contributed by atoms with E-state index in [9.17, 15) is 8.42 Å². The van der Waals surface area contributed by atoms with Crippen molar-refractivity contribution >= 4 is 9.84 Å². The van der Waals surface area contributed by atoms with Crippen molar-refractivity contribution in [2.75, 3.05) is 27.4 Å². The van der Waals surface area contributed by atoms with E-state index in [1.54, 1.807) is 49.0 Å². The lowest BCUT2D eigenvalue weighted by Gasteiger charge is -2.21. The van der Waals surface area contributed by atoms with Crippen LogP contribution in [0.1, 0.15) is 49.1 Å². The second kappa shape index (κ2) is 10.3. The SMILES string of the molecule is COc1cccc(OC)c1-n1c(CS(=O)(=O)[C@@H](C)[C@H](C)c2ncc(C)cn2)nnc1C1OCCO1. The van der Waals surface area contributed by atoms with E-state index < -0.39 is 27.3 Å². The van der Waals surface area contributed by atoms with Crippen molar-refractivity contribution in [1.82, 2.24) is 24.7 Å². The number of hydrogen-bond acceptors (Lipinski definition) is 10. The quantitative estimate of drug-likeness (QED) is 0.430. The molecule has 12 heteroatoms. The van der Waals surface area contributed by atoms with E-state index in [2.05, 4.69) is 20.2 Å². The van der Waals surface area contributed by atoms with Crippen LogP contribution in [0.3, 0.4) is 0 Å². The predicted octanol–water partition coefficient (Wildman–Crippen LogP) is 2.54. The van der Waals surface area contributed by atoms with Crippen LogP contribution in [-0.4, -0.2) is 65.8 Å². The number of benzene rings is 1. The van der Waals surface area contributed by atoms with Gasteiger partial charge in [-0.2, -0.15) is 0 Å². The van der Waals surface area contributed by atoms with Gasteiger partial charge >= 0.3 is 0 Å². The number of methoxy groups -OCH3 is 2. The molecule has 2 atom stereocenters. The Morgan fingerprint density at radius 1 is 1.06 bits per heavy atom. The Kier molecular flexibility index (Phi) is 7.33. The van der Waals surface area contributed by atoms with E-state index in [0.29, 0.717) is 42.0 Å². The molecule has 2 aromatic heterocycles. The second-order valence-electron chi connectivity index (χ2n) is 8.31. The summed E-state index contributed by atoms with van der Waals surface area (Å²) < 4.78 is 51.1. The van der Waals surface area contributed by atoms with Gasteiger partial charge in [-0.3, -0.25) is 4.57 Å². The third kappa shape index (κ3) is 5.00. The molecular formula is C23H29N5O6S. The highest BCUT2D eigenvalue weighted by Crippen LogP contribution is 2.37. The third-order valence-corrected chi connectivity index (χ3v) is 8.22. The van der Waals surface area contributed by atoms with Gasteiger partial charge in [-0.1, -0.05) is 13.0 Å². The fourth-order valence-electron chi connectivity index (χ4n) is 3.85. The van der Waals surface area contributed by atoms with Crippen molar-refractivity contribution in [3.05, 3.63) is 53.6 Å². The van der Waals surface area contributed by atoms with Crippen LogP contribution in [0.2, 0.25) is 0 Å². The van der Waals surface area contributed by atoms with Crippen LogP contribution in [0.5, 0.6) is 11.5 Å². The zero-order valence-corrected chi connectivity index (χ0v) is 21.2. The minimum absolute atomic E-state index is 0.186. The Labute approximate surface area is 204 Å². The highest BCUT2D eigenvalue weighted by Gasteiger charge is 2.35. The molecule has 35 heavy (non-hydrogen) atoms. The summed E-state index contributed by atoms with van der Waals surface area (Å²) in [7, 11) is -0.676. The van der Waals surface area contributed by atoms with Crippen LogP contribution in [0.25, 0.3) is 5.69 Å². The largest absolute Gasteiger partial charge is 0.494 e. The first-order chi connectivity index (χ1) is 16.8. The number of aromatic nitrogens is 5. The topological polar surface area (TPSA) is 128 Å². The summed E-state index contributed by atoms with van der Waals surface area (Å²) in [6.45, 7) is 6.10. The van der Waals surface area contributed by atoms with Crippen molar-refractivity contribution in [2.45, 2.75) is 44.0 Å². The molecule has 0 spiro atoms. The molecule has 0 radical (unpaired) electrons. The van der Waals surface area contributed by atoms with Gasteiger partial charge in [0, 0.05) is 18.3 Å². The molecule has 1 fully saturated rings. The van der Waals surface area contributed by atoms with Gasteiger partial charge in [0.15, 0.2) is 21.5 Å².